The van der Waals surface area contributed by atoms with E-state index >= 15 is 0 Å². The number of fused-ring (bicyclic) bond motifs is 1. The third-order valence-electron chi connectivity index (χ3n) is 3.76. The second-order valence-corrected chi connectivity index (χ2v) is 5.84. The number of nitrogens with zero attached hydrogens (tertiary/aromatic N) is 1. The number of furan rings is 1. The maximum absolute atomic E-state index is 12.3. The van der Waals surface area contributed by atoms with E-state index in [0.717, 1.165) is 27.8 Å². The van der Waals surface area contributed by atoms with Crippen LogP contribution < -0.4 is 4.90 Å². The topological polar surface area (TPSA) is 33.5 Å². The number of anilines is 1. The molecule has 0 bridgehead atoms. The number of benzene rings is 2. The van der Waals surface area contributed by atoms with E-state index in [1.807, 2.05) is 68.4 Å². The van der Waals surface area contributed by atoms with Crippen molar-refractivity contribution < 1.29 is 9.21 Å². The van der Waals surface area contributed by atoms with Crippen LogP contribution in [0.5, 0.6) is 0 Å². The summed E-state index contributed by atoms with van der Waals surface area (Å²) in [6.07, 6.45) is 3.36. The molecule has 2 aromatic carbocycles. The first-order chi connectivity index (χ1) is 11.0. The first-order valence-corrected chi connectivity index (χ1v) is 7.53. The third-order valence-corrected chi connectivity index (χ3v) is 3.76. The number of carbonyl (C=O) groups is 1. The molecule has 0 unspecified atom stereocenters. The van der Waals surface area contributed by atoms with E-state index in [-0.39, 0.29) is 5.78 Å². The summed E-state index contributed by atoms with van der Waals surface area (Å²) >= 11 is 0. The lowest BCUT2D eigenvalue weighted by atomic mass is 10.1. The highest BCUT2D eigenvalue weighted by atomic mass is 16.3. The maximum atomic E-state index is 12.3. The van der Waals surface area contributed by atoms with Gasteiger partial charge in [-0.2, -0.15) is 0 Å². The Balaban J connectivity index is 1.79. The van der Waals surface area contributed by atoms with Crippen LogP contribution in [-0.4, -0.2) is 19.9 Å². The van der Waals surface area contributed by atoms with E-state index in [4.69, 9.17) is 4.42 Å². The van der Waals surface area contributed by atoms with Gasteiger partial charge in [0.15, 0.2) is 5.76 Å². The molecule has 0 N–H and O–H groups in total. The minimum Gasteiger partial charge on any atom is -0.453 e. The molecule has 0 radical (unpaired) electrons. The van der Waals surface area contributed by atoms with Crippen molar-refractivity contribution in [3.8, 4) is 0 Å². The molecule has 0 aliphatic heterocycles. The van der Waals surface area contributed by atoms with Crippen molar-refractivity contribution in [2.75, 3.05) is 19.0 Å². The number of allylic oxidation sites excluding steroid dienone is 1. The minimum absolute atomic E-state index is 0.129. The molecule has 0 aliphatic rings. The Bertz CT molecular complexity index is 870. The summed E-state index contributed by atoms with van der Waals surface area (Å²) in [6, 6.07) is 15.7. The van der Waals surface area contributed by atoms with Gasteiger partial charge in [0.25, 0.3) is 0 Å². The zero-order chi connectivity index (χ0) is 16.4. The highest BCUT2D eigenvalue weighted by Gasteiger charge is 2.09. The van der Waals surface area contributed by atoms with Crippen LogP contribution in [0, 0.1) is 6.92 Å². The molecule has 116 valence electrons. The largest absolute Gasteiger partial charge is 0.453 e. The Morgan fingerprint density at radius 2 is 1.78 bits per heavy atom. The highest BCUT2D eigenvalue weighted by molar-refractivity contribution is 6.07. The minimum atomic E-state index is -0.129. The predicted octanol–water partition coefficient (Wildman–Crippen LogP) is 4.70. The molecule has 3 heteroatoms. The molecule has 23 heavy (non-hydrogen) atoms. The summed E-state index contributed by atoms with van der Waals surface area (Å²) in [5.74, 6) is 0.238. The van der Waals surface area contributed by atoms with Gasteiger partial charge in [0.2, 0.25) is 5.78 Å². The Labute approximate surface area is 135 Å². The molecule has 0 saturated heterocycles. The molecule has 3 nitrogen and oxygen atoms in total. The van der Waals surface area contributed by atoms with Crippen LogP contribution in [0.15, 0.2) is 59.0 Å². The average molecular weight is 305 g/mol. The van der Waals surface area contributed by atoms with E-state index in [2.05, 4.69) is 0 Å². The lowest BCUT2D eigenvalue weighted by Gasteiger charge is -2.11. The van der Waals surface area contributed by atoms with Crippen molar-refractivity contribution in [1.82, 2.24) is 0 Å². The second-order valence-electron chi connectivity index (χ2n) is 5.84. The summed E-state index contributed by atoms with van der Waals surface area (Å²) in [4.78, 5) is 14.3. The van der Waals surface area contributed by atoms with Crippen LogP contribution in [0.3, 0.4) is 0 Å². The Kier molecular flexibility index (Phi) is 4.02. The number of rotatable bonds is 4. The predicted molar refractivity (Wildman–Crippen MR) is 95.1 cm³/mol. The lowest BCUT2D eigenvalue weighted by molar-refractivity contribution is 0.102. The average Bonchev–Trinajstić information content (AvgIpc) is 2.96. The second kappa shape index (κ2) is 6.13. The summed E-state index contributed by atoms with van der Waals surface area (Å²) in [7, 11) is 4.00. The van der Waals surface area contributed by atoms with E-state index in [1.54, 1.807) is 18.2 Å². The van der Waals surface area contributed by atoms with Gasteiger partial charge in [-0.1, -0.05) is 30.3 Å². The van der Waals surface area contributed by atoms with Crippen molar-refractivity contribution >= 4 is 28.5 Å². The Hall–Kier alpha value is -2.81. The normalized spacial score (nSPS) is 11.3. The van der Waals surface area contributed by atoms with Crippen molar-refractivity contribution in [1.29, 1.82) is 0 Å². The van der Waals surface area contributed by atoms with E-state index in [0.29, 0.717) is 5.76 Å². The molecular formula is C20H19NO2. The van der Waals surface area contributed by atoms with Crippen LogP contribution in [0.2, 0.25) is 0 Å². The van der Waals surface area contributed by atoms with Crippen LogP contribution >= 0.6 is 0 Å². The molecule has 0 spiro atoms. The monoisotopic (exact) mass is 305 g/mol. The molecule has 0 atom stereocenters. The molecule has 1 heterocycles. The number of carbonyl (C=O) groups excluding carboxylic acids is 1. The van der Waals surface area contributed by atoms with Gasteiger partial charge < -0.3 is 9.32 Å². The van der Waals surface area contributed by atoms with Gasteiger partial charge in [0, 0.05) is 25.2 Å². The van der Waals surface area contributed by atoms with Crippen LogP contribution in [0.1, 0.15) is 21.7 Å². The van der Waals surface area contributed by atoms with Gasteiger partial charge in [-0.05, 0) is 48.4 Å². The van der Waals surface area contributed by atoms with Crippen molar-refractivity contribution in [2.24, 2.45) is 0 Å². The lowest BCUT2D eigenvalue weighted by Crippen LogP contribution is -2.07. The maximum Gasteiger partial charge on any atom is 0.221 e. The van der Waals surface area contributed by atoms with Crippen LogP contribution in [0.25, 0.3) is 17.0 Å². The zero-order valence-electron chi connectivity index (χ0n) is 13.5. The van der Waals surface area contributed by atoms with Crippen molar-refractivity contribution in [3.05, 3.63) is 71.5 Å². The molecule has 1 aromatic heterocycles. The van der Waals surface area contributed by atoms with E-state index in [9.17, 15) is 4.79 Å². The molecule has 0 fully saturated rings. The Morgan fingerprint density at radius 3 is 2.48 bits per heavy atom. The zero-order valence-corrected chi connectivity index (χ0v) is 13.5. The Morgan fingerprint density at radius 1 is 1.04 bits per heavy atom. The fourth-order valence-electron chi connectivity index (χ4n) is 2.40. The fourth-order valence-corrected chi connectivity index (χ4v) is 2.40. The molecule has 0 saturated carbocycles. The van der Waals surface area contributed by atoms with Crippen molar-refractivity contribution in [2.45, 2.75) is 6.92 Å². The summed E-state index contributed by atoms with van der Waals surface area (Å²) in [5.41, 5.74) is 3.97. The quantitative estimate of drug-likeness (QED) is 0.517. The SMILES string of the molecule is Cc1ccc2cc(C(=O)/C=C/c3ccc(N(C)C)cc3)oc2c1. The summed E-state index contributed by atoms with van der Waals surface area (Å²) in [6.45, 7) is 2.00. The van der Waals surface area contributed by atoms with Gasteiger partial charge in [-0.3, -0.25) is 4.79 Å². The summed E-state index contributed by atoms with van der Waals surface area (Å²) < 4.78 is 5.64. The van der Waals surface area contributed by atoms with Gasteiger partial charge >= 0.3 is 0 Å². The molecule has 3 rings (SSSR count). The third kappa shape index (κ3) is 3.34. The summed E-state index contributed by atoms with van der Waals surface area (Å²) in [5, 5.41) is 0.947. The molecule has 0 amide bonds. The molecule has 3 aromatic rings. The first-order valence-electron chi connectivity index (χ1n) is 7.53. The molecular weight excluding hydrogens is 286 g/mol. The smallest absolute Gasteiger partial charge is 0.221 e. The van der Waals surface area contributed by atoms with Gasteiger partial charge in [-0.15, -0.1) is 0 Å². The van der Waals surface area contributed by atoms with Crippen LogP contribution in [-0.2, 0) is 0 Å². The van der Waals surface area contributed by atoms with E-state index in [1.165, 1.54) is 0 Å². The van der Waals surface area contributed by atoms with E-state index < -0.39 is 0 Å². The highest BCUT2D eigenvalue weighted by Crippen LogP contribution is 2.21. The number of ketones is 1. The van der Waals surface area contributed by atoms with Crippen LogP contribution in [0.4, 0.5) is 5.69 Å². The molecule has 0 aliphatic carbocycles. The van der Waals surface area contributed by atoms with Crippen molar-refractivity contribution in [3.63, 3.8) is 0 Å². The first kappa shape index (κ1) is 15.1. The fraction of sp³-hybridized carbons (Fsp3) is 0.150. The number of hydrogen-bond acceptors (Lipinski definition) is 3. The van der Waals surface area contributed by atoms with Gasteiger partial charge in [-0.25, -0.2) is 0 Å². The van der Waals surface area contributed by atoms with Gasteiger partial charge in [0.1, 0.15) is 5.58 Å². The number of aryl methyl sites for hydroxylation is 1. The number of hydrogen-bond donors (Lipinski definition) is 0. The standard InChI is InChI=1S/C20H19NO2/c1-14-4-8-16-13-20(23-19(16)12-14)18(22)11-7-15-5-9-17(10-6-15)21(2)3/h4-13H,1-3H3/b11-7+. The van der Waals surface area contributed by atoms with Gasteiger partial charge in [0.05, 0.1) is 0 Å².